The Hall–Kier alpha value is -0.370. The van der Waals surface area contributed by atoms with Gasteiger partial charge < -0.3 is 9.53 Å². The lowest BCUT2D eigenvalue weighted by Gasteiger charge is -2.29. The molecule has 2 nitrogen and oxygen atoms in total. The molecule has 0 atom stereocenters. The lowest BCUT2D eigenvalue weighted by Crippen LogP contribution is -2.36. The Kier molecular flexibility index (Phi) is 3.91. The average molecular weight is 184 g/mol. The van der Waals surface area contributed by atoms with E-state index in [-0.39, 0.29) is 6.10 Å². The summed E-state index contributed by atoms with van der Waals surface area (Å²) >= 11 is 0. The third kappa shape index (κ3) is 3.11. The molecule has 0 N–H and O–H groups in total. The number of hydrogen-bond donors (Lipinski definition) is 0. The standard InChI is InChI=1S/C11H20O2/c1-10(2)13-11(9-12)7-5-3-4-6-8-11/h9-10H,3-8H2,1-2H3. The minimum Gasteiger partial charge on any atom is -0.365 e. The van der Waals surface area contributed by atoms with Crippen LogP contribution in [0, 0.1) is 0 Å². The maximum Gasteiger partial charge on any atom is 0.151 e. The molecule has 2 heteroatoms. The van der Waals surface area contributed by atoms with Crippen molar-refractivity contribution in [1.82, 2.24) is 0 Å². The molecule has 1 saturated carbocycles. The van der Waals surface area contributed by atoms with Crippen LogP contribution in [0.5, 0.6) is 0 Å². The highest BCUT2D eigenvalue weighted by molar-refractivity contribution is 5.62. The van der Waals surface area contributed by atoms with E-state index in [9.17, 15) is 4.79 Å². The highest BCUT2D eigenvalue weighted by Crippen LogP contribution is 2.29. The van der Waals surface area contributed by atoms with E-state index in [1.165, 1.54) is 12.8 Å². The molecule has 1 rings (SSSR count). The predicted molar refractivity (Wildman–Crippen MR) is 52.7 cm³/mol. The SMILES string of the molecule is CC(C)OC1(C=O)CCCCCC1. The van der Waals surface area contributed by atoms with Gasteiger partial charge in [0.25, 0.3) is 0 Å². The van der Waals surface area contributed by atoms with E-state index in [2.05, 4.69) is 0 Å². The second-order valence-electron chi connectivity index (χ2n) is 4.26. The van der Waals surface area contributed by atoms with Crippen molar-refractivity contribution >= 4 is 6.29 Å². The second kappa shape index (κ2) is 4.75. The zero-order chi connectivity index (χ0) is 9.73. The van der Waals surface area contributed by atoms with Crippen molar-refractivity contribution in [2.24, 2.45) is 0 Å². The molecule has 0 unspecified atom stereocenters. The minimum absolute atomic E-state index is 0.156. The van der Waals surface area contributed by atoms with Crippen LogP contribution in [0.15, 0.2) is 0 Å². The first kappa shape index (κ1) is 10.7. The molecule has 0 bridgehead atoms. The molecule has 0 saturated heterocycles. The van der Waals surface area contributed by atoms with Gasteiger partial charge in [0.1, 0.15) is 5.60 Å². The van der Waals surface area contributed by atoms with Crippen molar-refractivity contribution < 1.29 is 9.53 Å². The fraction of sp³-hybridized carbons (Fsp3) is 0.909. The molecule has 0 aromatic carbocycles. The zero-order valence-electron chi connectivity index (χ0n) is 8.71. The van der Waals surface area contributed by atoms with Crippen LogP contribution >= 0.6 is 0 Å². The molecule has 0 radical (unpaired) electrons. The number of ether oxygens (including phenoxy) is 1. The lowest BCUT2D eigenvalue weighted by molar-refractivity contribution is -0.140. The summed E-state index contributed by atoms with van der Waals surface area (Å²) in [4.78, 5) is 11.0. The van der Waals surface area contributed by atoms with Gasteiger partial charge in [-0.1, -0.05) is 25.7 Å². The first-order chi connectivity index (χ1) is 6.18. The van der Waals surface area contributed by atoms with E-state index < -0.39 is 5.60 Å². The second-order valence-corrected chi connectivity index (χ2v) is 4.26. The Bertz CT molecular complexity index is 155. The van der Waals surface area contributed by atoms with Crippen LogP contribution in [0.25, 0.3) is 0 Å². The van der Waals surface area contributed by atoms with Crippen molar-refractivity contribution in [1.29, 1.82) is 0 Å². The number of hydrogen-bond acceptors (Lipinski definition) is 2. The highest BCUT2D eigenvalue weighted by Gasteiger charge is 2.32. The summed E-state index contributed by atoms with van der Waals surface area (Å²) in [6, 6.07) is 0. The van der Waals surface area contributed by atoms with E-state index >= 15 is 0 Å². The number of carbonyl (C=O) groups excluding carboxylic acids is 1. The Morgan fingerprint density at radius 1 is 1.15 bits per heavy atom. The summed E-state index contributed by atoms with van der Waals surface area (Å²) in [6.45, 7) is 3.99. The van der Waals surface area contributed by atoms with Gasteiger partial charge in [0, 0.05) is 0 Å². The molecule has 0 spiro atoms. The van der Waals surface area contributed by atoms with Crippen molar-refractivity contribution in [2.75, 3.05) is 0 Å². The van der Waals surface area contributed by atoms with Crippen molar-refractivity contribution in [3.63, 3.8) is 0 Å². The summed E-state index contributed by atoms with van der Waals surface area (Å²) < 4.78 is 5.74. The molecule has 1 fully saturated rings. The fourth-order valence-corrected chi connectivity index (χ4v) is 2.06. The number of carbonyl (C=O) groups is 1. The summed E-state index contributed by atoms with van der Waals surface area (Å²) in [5.74, 6) is 0. The summed E-state index contributed by atoms with van der Waals surface area (Å²) in [5.41, 5.74) is -0.454. The maximum atomic E-state index is 11.0. The molecule has 0 aromatic heterocycles. The molecular weight excluding hydrogens is 164 g/mol. The van der Waals surface area contributed by atoms with Gasteiger partial charge in [0.2, 0.25) is 0 Å². The molecule has 13 heavy (non-hydrogen) atoms. The topological polar surface area (TPSA) is 26.3 Å². The lowest BCUT2D eigenvalue weighted by atomic mass is 9.96. The van der Waals surface area contributed by atoms with Crippen molar-refractivity contribution in [3.8, 4) is 0 Å². The van der Waals surface area contributed by atoms with Gasteiger partial charge in [0.15, 0.2) is 6.29 Å². The first-order valence-corrected chi connectivity index (χ1v) is 5.33. The van der Waals surface area contributed by atoms with Gasteiger partial charge >= 0.3 is 0 Å². The summed E-state index contributed by atoms with van der Waals surface area (Å²) in [6.07, 6.45) is 7.76. The van der Waals surface area contributed by atoms with Crippen molar-refractivity contribution in [2.45, 2.75) is 64.1 Å². The third-order valence-corrected chi connectivity index (χ3v) is 2.64. The number of rotatable bonds is 3. The third-order valence-electron chi connectivity index (χ3n) is 2.64. The van der Waals surface area contributed by atoms with E-state index in [0.29, 0.717) is 0 Å². The summed E-state index contributed by atoms with van der Waals surface area (Å²) in [5, 5.41) is 0. The monoisotopic (exact) mass is 184 g/mol. The van der Waals surface area contributed by atoms with Crippen LogP contribution in [0.2, 0.25) is 0 Å². The van der Waals surface area contributed by atoms with E-state index in [1.807, 2.05) is 13.8 Å². The van der Waals surface area contributed by atoms with E-state index in [1.54, 1.807) is 0 Å². The van der Waals surface area contributed by atoms with Crippen LogP contribution in [-0.4, -0.2) is 18.0 Å². The molecule has 1 aliphatic carbocycles. The Labute approximate surface area is 80.7 Å². The Morgan fingerprint density at radius 3 is 2.08 bits per heavy atom. The molecular formula is C11H20O2. The minimum atomic E-state index is -0.454. The van der Waals surface area contributed by atoms with E-state index in [0.717, 1.165) is 32.0 Å². The van der Waals surface area contributed by atoms with Gasteiger partial charge in [-0.2, -0.15) is 0 Å². The molecule has 76 valence electrons. The quantitative estimate of drug-likeness (QED) is 0.498. The molecule has 0 amide bonds. The Morgan fingerprint density at radius 2 is 1.69 bits per heavy atom. The summed E-state index contributed by atoms with van der Waals surface area (Å²) in [7, 11) is 0. The van der Waals surface area contributed by atoms with Crippen LogP contribution in [0.4, 0.5) is 0 Å². The molecule has 1 aliphatic rings. The zero-order valence-corrected chi connectivity index (χ0v) is 8.71. The smallest absolute Gasteiger partial charge is 0.151 e. The molecule has 0 aromatic rings. The van der Waals surface area contributed by atoms with Gasteiger partial charge in [-0.3, -0.25) is 0 Å². The van der Waals surface area contributed by atoms with Crippen LogP contribution < -0.4 is 0 Å². The van der Waals surface area contributed by atoms with E-state index in [4.69, 9.17) is 4.74 Å². The van der Waals surface area contributed by atoms with Crippen LogP contribution in [0.1, 0.15) is 52.4 Å². The Balaban J connectivity index is 2.59. The van der Waals surface area contributed by atoms with Crippen LogP contribution in [0.3, 0.4) is 0 Å². The molecule has 0 heterocycles. The van der Waals surface area contributed by atoms with Gasteiger partial charge in [-0.15, -0.1) is 0 Å². The first-order valence-electron chi connectivity index (χ1n) is 5.33. The molecule has 0 aliphatic heterocycles. The van der Waals surface area contributed by atoms with Gasteiger partial charge in [-0.25, -0.2) is 0 Å². The fourth-order valence-electron chi connectivity index (χ4n) is 2.06. The van der Waals surface area contributed by atoms with Crippen molar-refractivity contribution in [3.05, 3.63) is 0 Å². The van der Waals surface area contributed by atoms with Gasteiger partial charge in [0.05, 0.1) is 6.10 Å². The maximum absolute atomic E-state index is 11.0. The largest absolute Gasteiger partial charge is 0.365 e. The predicted octanol–water partition coefficient (Wildman–Crippen LogP) is 2.70. The van der Waals surface area contributed by atoms with Gasteiger partial charge in [-0.05, 0) is 26.7 Å². The normalized spacial score (nSPS) is 22.7. The average Bonchev–Trinajstić information content (AvgIpc) is 2.30. The highest BCUT2D eigenvalue weighted by atomic mass is 16.5. The number of aldehydes is 1. The van der Waals surface area contributed by atoms with Crippen LogP contribution in [-0.2, 0) is 9.53 Å².